The molecule has 6 heteroatoms. The van der Waals surface area contributed by atoms with Crippen LogP contribution in [0.2, 0.25) is 0 Å². The molecule has 182 valence electrons. The van der Waals surface area contributed by atoms with Gasteiger partial charge in [0, 0.05) is 6.04 Å². The number of anilines is 1. The van der Waals surface area contributed by atoms with Crippen molar-refractivity contribution < 1.29 is 19.5 Å². The zero-order valence-electron chi connectivity index (χ0n) is 20.0. The molecule has 2 heterocycles. The van der Waals surface area contributed by atoms with Gasteiger partial charge in [-0.3, -0.25) is 19.7 Å². The number of carboxylic acids is 1. The van der Waals surface area contributed by atoms with Crippen molar-refractivity contribution in [2.75, 3.05) is 4.90 Å². The summed E-state index contributed by atoms with van der Waals surface area (Å²) in [5.41, 5.74) is 0.840. The van der Waals surface area contributed by atoms with Crippen LogP contribution < -0.4 is 10.2 Å². The first kappa shape index (κ1) is 23.5. The Bertz CT molecular complexity index is 1150. The summed E-state index contributed by atoms with van der Waals surface area (Å²) in [6, 6.07) is 16.4. The highest BCUT2D eigenvalue weighted by molar-refractivity contribution is 6.24. The van der Waals surface area contributed by atoms with E-state index in [1.54, 1.807) is 12.1 Å². The van der Waals surface area contributed by atoms with Gasteiger partial charge in [0.05, 0.1) is 17.5 Å². The summed E-state index contributed by atoms with van der Waals surface area (Å²) in [5, 5.41) is 13.9. The van der Waals surface area contributed by atoms with E-state index in [9.17, 15) is 19.5 Å². The zero-order chi connectivity index (χ0) is 24.6. The minimum Gasteiger partial charge on any atom is -0.480 e. The van der Waals surface area contributed by atoms with Crippen LogP contribution in [0.5, 0.6) is 0 Å². The molecule has 2 amide bonds. The zero-order valence-corrected chi connectivity index (χ0v) is 20.0. The van der Waals surface area contributed by atoms with Gasteiger partial charge in [-0.1, -0.05) is 92.8 Å². The number of nitrogens with one attached hydrogen (secondary N) is 1. The van der Waals surface area contributed by atoms with Crippen LogP contribution in [0, 0.1) is 24.7 Å². The number of benzene rings is 2. The number of para-hydroxylation sites is 1. The predicted octanol–water partition coefficient (Wildman–Crippen LogP) is 4.58. The summed E-state index contributed by atoms with van der Waals surface area (Å²) in [5.74, 6) is -3.25. The van der Waals surface area contributed by atoms with Crippen molar-refractivity contribution in [1.82, 2.24) is 5.32 Å². The van der Waals surface area contributed by atoms with Crippen molar-refractivity contribution in [1.29, 1.82) is 0 Å². The van der Waals surface area contributed by atoms with Crippen LogP contribution in [-0.2, 0) is 14.4 Å². The van der Waals surface area contributed by atoms with Gasteiger partial charge in [0.1, 0.15) is 5.54 Å². The van der Waals surface area contributed by atoms with E-state index in [4.69, 9.17) is 0 Å². The highest BCUT2D eigenvalue weighted by Gasteiger charge is 2.68. The second-order valence-electron chi connectivity index (χ2n) is 10.2. The van der Waals surface area contributed by atoms with E-state index in [1.165, 1.54) is 4.90 Å². The molecule has 2 aliphatic heterocycles. The Morgan fingerprint density at radius 3 is 2.40 bits per heavy atom. The topological polar surface area (TPSA) is 86.7 Å². The molecule has 2 N–H and O–H groups in total. The lowest BCUT2D eigenvalue weighted by Crippen LogP contribution is -2.57. The van der Waals surface area contributed by atoms with Crippen molar-refractivity contribution in [3.8, 4) is 0 Å². The third-order valence-corrected chi connectivity index (χ3v) is 8.06. The fraction of sp³-hybridized carbons (Fsp3) is 0.414. The number of amides is 2. The summed E-state index contributed by atoms with van der Waals surface area (Å²) in [4.78, 5) is 41.9. The number of hydrogen-bond donors (Lipinski definition) is 2. The Morgan fingerprint density at radius 1 is 1.03 bits per heavy atom. The van der Waals surface area contributed by atoms with Gasteiger partial charge in [0.2, 0.25) is 11.8 Å². The van der Waals surface area contributed by atoms with Crippen LogP contribution in [0.15, 0.2) is 60.7 Å². The van der Waals surface area contributed by atoms with E-state index in [-0.39, 0.29) is 11.8 Å². The molecule has 3 aliphatic rings. The highest BCUT2D eigenvalue weighted by Crippen LogP contribution is 2.49. The number of fused-ring (bicyclic) bond motifs is 1. The molecule has 3 fully saturated rings. The summed E-state index contributed by atoms with van der Waals surface area (Å²) in [7, 11) is 0. The molecule has 4 atom stereocenters. The van der Waals surface area contributed by atoms with Gasteiger partial charge in [0.25, 0.3) is 0 Å². The Balaban J connectivity index is 1.57. The van der Waals surface area contributed by atoms with Crippen molar-refractivity contribution in [2.24, 2.45) is 17.8 Å². The minimum absolute atomic E-state index is 0.222. The van der Waals surface area contributed by atoms with Crippen LogP contribution in [0.25, 0.3) is 6.08 Å². The molecule has 4 unspecified atom stereocenters. The van der Waals surface area contributed by atoms with Crippen LogP contribution in [0.3, 0.4) is 0 Å². The summed E-state index contributed by atoms with van der Waals surface area (Å²) in [6.45, 7) is 1.86. The Kier molecular flexibility index (Phi) is 6.32. The van der Waals surface area contributed by atoms with Gasteiger partial charge in [0.15, 0.2) is 0 Å². The highest BCUT2D eigenvalue weighted by atomic mass is 16.4. The van der Waals surface area contributed by atoms with E-state index in [1.807, 2.05) is 61.5 Å². The van der Waals surface area contributed by atoms with E-state index < -0.39 is 35.3 Å². The maximum atomic E-state index is 13.9. The van der Waals surface area contributed by atoms with Crippen LogP contribution >= 0.6 is 0 Å². The second-order valence-corrected chi connectivity index (χ2v) is 10.2. The third kappa shape index (κ3) is 4.10. The number of aliphatic carboxylic acids is 1. The molecule has 1 aliphatic carbocycles. The van der Waals surface area contributed by atoms with Gasteiger partial charge in [-0.05, 0) is 36.5 Å². The number of hydrogen-bond acceptors (Lipinski definition) is 4. The normalized spacial score (nSPS) is 29.2. The van der Waals surface area contributed by atoms with E-state index in [2.05, 4.69) is 5.32 Å². The Labute approximate surface area is 206 Å². The lowest BCUT2D eigenvalue weighted by Gasteiger charge is -2.35. The monoisotopic (exact) mass is 472 g/mol. The second kappa shape index (κ2) is 9.42. The van der Waals surface area contributed by atoms with Crippen LogP contribution in [0.1, 0.15) is 49.7 Å². The van der Waals surface area contributed by atoms with Crippen molar-refractivity contribution in [3.63, 3.8) is 0 Å². The molecule has 2 aromatic rings. The number of carboxylic acid groups (broad SMARTS) is 1. The van der Waals surface area contributed by atoms with Gasteiger partial charge >= 0.3 is 5.97 Å². The third-order valence-electron chi connectivity index (χ3n) is 8.06. The molecule has 0 radical (unpaired) electrons. The number of carbonyl (C=O) groups excluding carboxylic acids is 2. The molecular formula is C29H32N2O4. The lowest BCUT2D eigenvalue weighted by atomic mass is 9.72. The van der Waals surface area contributed by atoms with E-state index >= 15 is 0 Å². The van der Waals surface area contributed by atoms with E-state index in [0.29, 0.717) is 12.1 Å². The maximum absolute atomic E-state index is 13.9. The molecule has 1 saturated carbocycles. The summed E-state index contributed by atoms with van der Waals surface area (Å²) in [6.07, 6.45) is 9.37. The maximum Gasteiger partial charge on any atom is 0.324 e. The van der Waals surface area contributed by atoms with Crippen molar-refractivity contribution >= 4 is 29.5 Å². The van der Waals surface area contributed by atoms with E-state index in [0.717, 1.165) is 43.2 Å². The van der Waals surface area contributed by atoms with Crippen LogP contribution in [-0.4, -0.2) is 34.5 Å². The van der Waals surface area contributed by atoms with Gasteiger partial charge in [-0.15, -0.1) is 0 Å². The SMILES string of the molecule is Cc1ccccc1N1C(=O)C2C(C=Cc3ccccc3)NC(CC3CCCCC3)(C(=O)O)C2C1=O. The quantitative estimate of drug-likeness (QED) is 0.601. The van der Waals surface area contributed by atoms with Crippen LogP contribution in [0.4, 0.5) is 5.69 Å². The summed E-state index contributed by atoms with van der Waals surface area (Å²) < 4.78 is 0. The predicted molar refractivity (Wildman–Crippen MR) is 135 cm³/mol. The molecule has 6 nitrogen and oxygen atoms in total. The number of carbonyl (C=O) groups is 3. The average Bonchev–Trinajstić information content (AvgIpc) is 3.33. The molecule has 5 rings (SSSR count). The average molecular weight is 473 g/mol. The van der Waals surface area contributed by atoms with Crippen molar-refractivity contribution in [3.05, 3.63) is 71.8 Å². The molecular weight excluding hydrogens is 440 g/mol. The molecule has 0 spiro atoms. The molecule has 2 aromatic carbocycles. The Hall–Kier alpha value is -3.25. The first-order chi connectivity index (χ1) is 16.9. The number of nitrogens with zero attached hydrogens (tertiary/aromatic N) is 1. The number of aryl methyl sites for hydroxylation is 1. The molecule has 35 heavy (non-hydrogen) atoms. The molecule has 0 aromatic heterocycles. The van der Waals surface area contributed by atoms with Gasteiger partial charge in [-0.2, -0.15) is 0 Å². The number of rotatable bonds is 6. The fourth-order valence-corrected chi connectivity index (χ4v) is 6.36. The first-order valence-corrected chi connectivity index (χ1v) is 12.6. The fourth-order valence-electron chi connectivity index (χ4n) is 6.36. The standard InChI is InChI=1S/C29H32N2O4/c1-19-10-8-9-15-23(19)31-26(32)24-22(17-16-20-11-4-2-5-12-20)30-29(28(34)35,25(24)27(31)33)18-21-13-6-3-7-14-21/h2,4-5,8-12,15-17,21-22,24-25,30H,3,6-7,13-14,18H2,1H3,(H,34,35). The minimum atomic E-state index is -1.47. The smallest absolute Gasteiger partial charge is 0.324 e. The molecule has 2 saturated heterocycles. The largest absolute Gasteiger partial charge is 0.480 e. The summed E-state index contributed by atoms with van der Waals surface area (Å²) >= 11 is 0. The lowest BCUT2D eigenvalue weighted by molar-refractivity contribution is -0.150. The Morgan fingerprint density at radius 2 is 1.71 bits per heavy atom. The first-order valence-electron chi connectivity index (χ1n) is 12.6. The van der Waals surface area contributed by atoms with Crippen molar-refractivity contribution in [2.45, 2.75) is 57.0 Å². The van der Waals surface area contributed by atoms with Gasteiger partial charge in [-0.25, -0.2) is 4.90 Å². The number of imide groups is 1. The molecule has 0 bridgehead atoms. The van der Waals surface area contributed by atoms with Gasteiger partial charge < -0.3 is 5.11 Å².